The van der Waals surface area contributed by atoms with Gasteiger partial charge in [0.1, 0.15) is 18.0 Å². The molecule has 0 aliphatic rings. The minimum Gasteiger partial charge on any atom is -0.497 e. The molecule has 0 saturated carbocycles. The van der Waals surface area contributed by atoms with Crippen molar-refractivity contribution in [3.8, 4) is 17.2 Å². The molecule has 0 bridgehead atoms. The number of amides is 1. The third-order valence-corrected chi connectivity index (χ3v) is 4.08. The minimum atomic E-state index is -0.805. The molecule has 0 atom stereocenters. The molecule has 0 fully saturated rings. The summed E-state index contributed by atoms with van der Waals surface area (Å²) in [7, 11) is 3.01. The molecule has 3 aromatic rings. The molecule has 0 radical (unpaired) electrons. The molecule has 8 nitrogen and oxygen atoms in total. The van der Waals surface area contributed by atoms with Gasteiger partial charge in [0, 0.05) is 18.5 Å². The summed E-state index contributed by atoms with van der Waals surface area (Å²) in [6.07, 6.45) is 2.83. The van der Waals surface area contributed by atoms with E-state index >= 15 is 0 Å². The number of carbonyl (C=O) groups is 1. The number of aromatic nitrogens is 2. The van der Waals surface area contributed by atoms with Gasteiger partial charge in [0.2, 0.25) is 5.91 Å². The van der Waals surface area contributed by atoms with E-state index in [0.717, 1.165) is 4.57 Å². The minimum absolute atomic E-state index is 0.301. The van der Waals surface area contributed by atoms with Crippen molar-refractivity contribution in [2.75, 3.05) is 19.5 Å². The molecule has 144 valence electrons. The number of anilines is 1. The molecule has 1 N–H and O–H groups in total. The summed E-state index contributed by atoms with van der Waals surface area (Å²) < 4.78 is 12.6. The van der Waals surface area contributed by atoms with E-state index in [1.54, 1.807) is 48.5 Å². The van der Waals surface area contributed by atoms with E-state index in [2.05, 4.69) is 5.32 Å². The van der Waals surface area contributed by atoms with Crippen molar-refractivity contribution in [3.63, 3.8) is 0 Å². The first-order chi connectivity index (χ1) is 13.5. The van der Waals surface area contributed by atoms with Gasteiger partial charge in [0.15, 0.2) is 0 Å². The summed E-state index contributed by atoms with van der Waals surface area (Å²) in [6, 6.07) is 13.7. The lowest BCUT2D eigenvalue weighted by Gasteiger charge is -2.12. The first-order valence-corrected chi connectivity index (χ1v) is 8.43. The summed E-state index contributed by atoms with van der Waals surface area (Å²) in [4.78, 5) is 37.2. The van der Waals surface area contributed by atoms with E-state index in [4.69, 9.17) is 9.47 Å². The number of hydrogen-bond acceptors (Lipinski definition) is 5. The Kier molecular flexibility index (Phi) is 5.59. The van der Waals surface area contributed by atoms with Gasteiger partial charge in [0.25, 0.3) is 0 Å². The lowest BCUT2D eigenvalue weighted by Crippen LogP contribution is -2.41. The molecule has 0 spiro atoms. The zero-order valence-electron chi connectivity index (χ0n) is 15.4. The fraction of sp³-hybridized carbons (Fsp3) is 0.150. The number of para-hydroxylation sites is 2. The Labute approximate surface area is 160 Å². The normalized spacial score (nSPS) is 10.4. The molecule has 0 aliphatic carbocycles. The highest BCUT2D eigenvalue weighted by molar-refractivity contribution is 5.92. The Balaban J connectivity index is 1.84. The highest BCUT2D eigenvalue weighted by atomic mass is 16.5. The maximum absolute atomic E-state index is 12.5. The maximum atomic E-state index is 12.5. The molecular formula is C20H19N3O5. The van der Waals surface area contributed by atoms with Crippen molar-refractivity contribution < 1.29 is 14.3 Å². The van der Waals surface area contributed by atoms with Crippen LogP contribution in [0.25, 0.3) is 5.69 Å². The fourth-order valence-corrected chi connectivity index (χ4v) is 2.69. The van der Waals surface area contributed by atoms with E-state index in [-0.39, 0.29) is 6.54 Å². The lowest BCUT2D eigenvalue weighted by atomic mass is 10.3. The van der Waals surface area contributed by atoms with Crippen LogP contribution in [0.5, 0.6) is 11.5 Å². The van der Waals surface area contributed by atoms with Crippen molar-refractivity contribution in [1.82, 2.24) is 9.13 Å². The van der Waals surface area contributed by atoms with Crippen molar-refractivity contribution in [3.05, 3.63) is 81.6 Å². The zero-order chi connectivity index (χ0) is 20.1. The van der Waals surface area contributed by atoms with E-state index in [0.29, 0.717) is 22.9 Å². The molecule has 8 heteroatoms. The topological polar surface area (TPSA) is 91.6 Å². The summed E-state index contributed by atoms with van der Waals surface area (Å²) in [6.45, 7) is -0.301. The molecule has 28 heavy (non-hydrogen) atoms. The predicted molar refractivity (Wildman–Crippen MR) is 104 cm³/mol. The van der Waals surface area contributed by atoms with E-state index in [9.17, 15) is 14.4 Å². The molecule has 0 saturated heterocycles. The third kappa shape index (κ3) is 3.96. The molecule has 1 heterocycles. The summed E-state index contributed by atoms with van der Waals surface area (Å²) in [5, 5.41) is 2.67. The van der Waals surface area contributed by atoms with Crippen LogP contribution in [-0.4, -0.2) is 29.3 Å². The molecular weight excluding hydrogens is 362 g/mol. The molecule has 0 aliphatic heterocycles. The number of nitrogens with one attached hydrogen (secondary N) is 1. The monoisotopic (exact) mass is 381 g/mol. The van der Waals surface area contributed by atoms with Gasteiger partial charge in [-0.05, 0) is 24.3 Å². The standard InChI is InChI=1S/C20H19N3O5/c1-27-15-7-5-6-14(12-15)23-11-10-22(19(25)20(23)26)13-18(24)21-16-8-3-4-9-17(16)28-2/h3-12H,13H2,1-2H3,(H,21,24). The van der Waals surface area contributed by atoms with Crippen LogP contribution < -0.4 is 25.9 Å². The molecule has 1 amide bonds. The van der Waals surface area contributed by atoms with Gasteiger partial charge in [-0.3, -0.25) is 23.5 Å². The van der Waals surface area contributed by atoms with Crippen LogP contribution in [0.15, 0.2) is 70.5 Å². The number of methoxy groups -OCH3 is 2. The second kappa shape index (κ2) is 8.26. The number of rotatable bonds is 6. The van der Waals surface area contributed by atoms with Gasteiger partial charge < -0.3 is 14.8 Å². The average Bonchev–Trinajstić information content (AvgIpc) is 2.72. The average molecular weight is 381 g/mol. The molecule has 1 aromatic heterocycles. The Hall–Kier alpha value is -3.81. The second-order valence-electron chi connectivity index (χ2n) is 5.86. The predicted octanol–water partition coefficient (Wildman–Crippen LogP) is 1.66. The summed E-state index contributed by atoms with van der Waals surface area (Å²) in [5.41, 5.74) is -0.596. The van der Waals surface area contributed by atoms with Gasteiger partial charge in [-0.25, -0.2) is 0 Å². The Morgan fingerprint density at radius 2 is 1.75 bits per heavy atom. The SMILES string of the molecule is COc1cccc(-n2ccn(CC(=O)Nc3ccccc3OC)c(=O)c2=O)c1. The van der Waals surface area contributed by atoms with Gasteiger partial charge >= 0.3 is 11.1 Å². The smallest absolute Gasteiger partial charge is 0.320 e. The van der Waals surface area contributed by atoms with E-state index in [1.165, 1.54) is 31.2 Å². The zero-order valence-corrected chi connectivity index (χ0v) is 15.4. The highest BCUT2D eigenvalue weighted by Crippen LogP contribution is 2.22. The highest BCUT2D eigenvalue weighted by Gasteiger charge is 2.12. The van der Waals surface area contributed by atoms with Crippen LogP contribution in [0.4, 0.5) is 5.69 Å². The van der Waals surface area contributed by atoms with Crippen molar-refractivity contribution in [2.24, 2.45) is 0 Å². The lowest BCUT2D eigenvalue weighted by molar-refractivity contribution is -0.116. The van der Waals surface area contributed by atoms with Crippen LogP contribution >= 0.6 is 0 Å². The summed E-state index contributed by atoms with van der Waals surface area (Å²) in [5.74, 6) is 0.603. The summed E-state index contributed by atoms with van der Waals surface area (Å²) >= 11 is 0. The Bertz CT molecular complexity index is 1120. The van der Waals surface area contributed by atoms with E-state index in [1.807, 2.05) is 0 Å². The third-order valence-electron chi connectivity index (χ3n) is 4.08. The second-order valence-corrected chi connectivity index (χ2v) is 5.86. The number of benzene rings is 2. The van der Waals surface area contributed by atoms with Gasteiger partial charge in [-0.15, -0.1) is 0 Å². The van der Waals surface area contributed by atoms with Crippen LogP contribution in [0.2, 0.25) is 0 Å². The van der Waals surface area contributed by atoms with Gasteiger partial charge in [-0.2, -0.15) is 0 Å². The van der Waals surface area contributed by atoms with E-state index < -0.39 is 17.0 Å². The number of hydrogen-bond donors (Lipinski definition) is 1. The largest absolute Gasteiger partial charge is 0.497 e. The quantitative estimate of drug-likeness (QED) is 0.656. The Morgan fingerprint density at radius 3 is 2.50 bits per heavy atom. The van der Waals surface area contributed by atoms with Crippen molar-refractivity contribution in [1.29, 1.82) is 0 Å². The van der Waals surface area contributed by atoms with Crippen LogP contribution in [0.3, 0.4) is 0 Å². The van der Waals surface area contributed by atoms with Gasteiger partial charge in [-0.1, -0.05) is 18.2 Å². The van der Waals surface area contributed by atoms with Crippen LogP contribution in [-0.2, 0) is 11.3 Å². The van der Waals surface area contributed by atoms with Gasteiger partial charge in [0.05, 0.1) is 25.6 Å². The fourth-order valence-electron chi connectivity index (χ4n) is 2.69. The first kappa shape index (κ1) is 19.0. The maximum Gasteiger partial charge on any atom is 0.320 e. The Morgan fingerprint density at radius 1 is 0.964 bits per heavy atom. The van der Waals surface area contributed by atoms with Crippen LogP contribution in [0.1, 0.15) is 0 Å². The number of nitrogens with zero attached hydrogens (tertiary/aromatic N) is 2. The molecule has 0 unspecified atom stereocenters. The number of carbonyl (C=O) groups excluding carboxylic acids is 1. The van der Waals surface area contributed by atoms with Crippen molar-refractivity contribution >= 4 is 11.6 Å². The molecule has 2 aromatic carbocycles. The number of ether oxygens (including phenoxy) is 2. The molecule has 3 rings (SSSR count). The van der Waals surface area contributed by atoms with Crippen LogP contribution in [0, 0.1) is 0 Å². The van der Waals surface area contributed by atoms with Crippen molar-refractivity contribution in [2.45, 2.75) is 6.54 Å². The first-order valence-electron chi connectivity index (χ1n) is 8.43.